The molecule has 0 saturated carbocycles. The van der Waals surface area contributed by atoms with E-state index in [1.54, 1.807) is 52.0 Å². The van der Waals surface area contributed by atoms with Gasteiger partial charge >= 0.3 is 0 Å². The highest BCUT2D eigenvalue weighted by Crippen LogP contribution is 2.38. The number of methoxy groups -OCH3 is 2. The van der Waals surface area contributed by atoms with E-state index in [1.165, 1.54) is 38.5 Å². The van der Waals surface area contributed by atoms with Crippen molar-refractivity contribution >= 4 is 19.7 Å². The van der Waals surface area contributed by atoms with Crippen LogP contribution in [0.25, 0.3) is 0 Å². The van der Waals surface area contributed by atoms with Crippen molar-refractivity contribution in [3.8, 4) is 11.5 Å². The summed E-state index contributed by atoms with van der Waals surface area (Å²) in [5.41, 5.74) is 1.65. The molecule has 0 saturated heterocycles. The van der Waals surface area contributed by atoms with Gasteiger partial charge < -0.3 is 9.47 Å². The second-order valence-corrected chi connectivity index (χ2v) is 11.3. The van der Waals surface area contributed by atoms with E-state index < -0.39 is 19.7 Å². The van der Waals surface area contributed by atoms with E-state index in [0.717, 1.165) is 0 Å². The number of sulfone groups is 2. The fraction of sp³-hybridized carbons (Fsp3) is 0.250. The van der Waals surface area contributed by atoms with Gasteiger partial charge in [0.15, 0.2) is 0 Å². The zero-order valence-corrected chi connectivity index (χ0v) is 20.5. The summed E-state index contributed by atoms with van der Waals surface area (Å²) in [5, 5.41) is 0. The van der Waals surface area contributed by atoms with Gasteiger partial charge in [-0.05, 0) is 98.5 Å². The van der Waals surface area contributed by atoms with Crippen molar-refractivity contribution in [1.29, 1.82) is 0 Å². The molecule has 0 aromatic heterocycles. The molecule has 0 aliphatic heterocycles. The van der Waals surface area contributed by atoms with Crippen LogP contribution in [-0.2, 0) is 19.7 Å². The molecule has 0 amide bonds. The van der Waals surface area contributed by atoms with Crippen LogP contribution < -0.4 is 9.47 Å². The number of hydrogen-bond donors (Lipinski definition) is 0. The Kier molecular flexibility index (Phi) is 6.40. The molecule has 3 aromatic rings. The van der Waals surface area contributed by atoms with Crippen molar-refractivity contribution in [2.45, 2.75) is 47.3 Å². The molecule has 0 aliphatic rings. The number of ether oxygens (including phenoxy) is 2. The third kappa shape index (κ3) is 3.89. The highest BCUT2D eigenvalue weighted by molar-refractivity contribution is 7.92. The van der Waals surface area contributed by atoms with Gasteiger partial charge in [-0.1, -0.05) is 0 Å². The van der Waals surface area contributed by atoms with E-state index in [-0.39, 0.29) is 19.6 Å². The Morgan fingerprint density at radius 1 is 0.500 bits per heavy atom. The monoisotopic (exact) mass is 474 g/mol. The van der Waals surface area contributed by atoms with Gasteiger partial charge in [-0.15, -0.1) is 0 Å². The summed E-state index contributed by atoms with van der Waals surface area (Å²) in [6, 6.07) is 12.3. The van der Waals surface area contributed by atoms with Gasteiger partial charge in [-0.2, -0.15) is 0 Å². The Bertz CT molecular complexity index is 1230. The quantitative estimate of drug-likeness (QED) is 0.519. The number of hydrogen-bond acceptors (Lipinski definition) is 6. The number of rotatable bonds is 6. The molecule has 32 heavy (non-hydrogen) atoms. The Labute approximate surface area is 189 Å². The SMILES string of the molecule is COc1ccc(S(=O)(=O)c2c(C)c(C)c(S(=O)(=O)c3ccc(OC)cc3)c(C)c2C)cc1. The molecule has 6 nitrogen and oxygen atoms in total. The lowest BCUT2D eigenvalue weighted by molar-refractivity contribution is 0.414. The summed E-state index contributed by atoms with van der Waals surface area (Å²) in [6.45, 7) is 6.58. The topological polar surface area (TPSA) is 86.7 Å². The molecular formula is C24H26O6S2. The van der Waals surface area contributed by atoms with Crippen molar-refractivity contribution in [1.82, 2.24) is 0 Å². The largest absolute Gasteiger partial charge is 0.497 e. The Hall–Kier alpha value is -2.84. The van der Waals surface area contributed by atoms with Crippen LogP contribution in [-0.4, -0.2) is 31.1 Å². The molecule has 0 bridgehead atoms. The maximum Gasteiger partial charge on any atom is 0.207 e. The average Bonchev–Trinajstić information content (AvgIpc) is 2.77. The highest BCUT2D eigenvalue weighted by Gasteiger charge is 2.31. The molecule has 0 atom stereocenters. The van der Waals surface area contributed by atoms with Gasteiger partial charge in [0.1, 0.15) is 11.5 Å². The van der Waals surface area contributed by atoms with Gasteiger partial charge in [0, 0.05) is 0 Å². The first kappa shape index (κ1) is 23.8. The molecule has 170 valence electrons. The molecular weight excluding hydrogens is 448 g/mol. The molecule has 0 spiro atoms. The first-order valence-electron chi connectivity index (χ1n) is 9.85. The van der Waals surface area contributed by atoms with Crippen LogP contribution >= 0.6 is 0 Å². The average molecular weight is 475 g/mol. The van der Waals surface area contributed by atoms with Gasteiger partial charge in [-0.25, -0.2) is 16.8 Å². The Morgan fingerprint density at radius 2 is 0.750 bits per heavy atom. The zero-order chi connectivity index (χ0) is 23.8. The summed E-state index contributed by atoms with van der Waals surface area (Å²) in [4.78, 5) is 0.501. The molecule has 8 heteroatoms. The predicted molar refractivity (Wildman–Crippen MR) is 122 cm³/mol. The molecule has 0 unspecified atom stereocenters. The summed E-state index contributed by atoms with van der Waals surface area (Å²) in [6.07, 6.45) is 0. The van der Waals surface area contributed by atoms with Crippen LogP contribution in [0.3, 0.4) is 0 Å². The fourth-order valence-corrected chi connectivity index (χ4v) is 7.48. The van der Waals surface area contributed by atoms with E-state index in [1.807, 2.05) is 0 Å². The standard InChI is InChI=1S/C24H26O6S2/c1-15-16(2)24(32(27,28)22-13-9-20(30-6)10-14-22)18(4)17(3)23(15)31(25,26)21-11-7-19(29-5)8-12-21/h7-14H,1-6H3. The van der Waals surface area contributed by atoms with E-state index >= 15 is 0 Å². The Balaban J connectivity index is 2.24. The third-order valence-corrected chi connectivity index (χ3v) is 9.85. The lowest BCUT2D eigenvalue weighted by Crippen LogP contribution is -2.14. The van der Waals surface area contributed by atoms with Crippen molar-refractivity contribution in [2.75, 3.05) is 14.2 Å². The van der Waals surface area contributed by atoms with E-state index in [2.05, 4.69) is 0 Å². The second-order valence-electron chi connectivity index (χ2n) is 7.52. The molecule has 0 heterocycles. The molecule has 0 radical (unpaired) electrons. The summed E-state index contributed by atoms with van der Waals surface area (Å²) < 4.78 is 64.1. The van der Waals surface area contributed by atoms with Gasteiger partial charge in [0.25, 0.3) is 0 Å². The second kappa shape index (κ2) is 8.60. The summed E-state index contributed by atoms with van der Waals surface area (Å²) in [7, 11) is -4.73. The Morgan fingerprint density at radius 3 is 0.969 bits per heavy atom. The van der Waals surface area contributed by atoms with Crippen LogP contribution in [0.4, 0.5) is 0 Å². The molecule has 0 fully saturated rings. The lowest BCUT2D eigenvalue weighted by Gasteiger charge is -2.21. The minimum Gasteiger partial charge on any atom is -0.497 e. The van der Waals surface area contributed by atoms with Crippen molar-refractivity contribution in [3.63, 3.8) is 0 Å². The first-order chi connectivity index (χ1) is 15.0. The molecule has 0 N–H and O–H groups in total. The highest BCUT2D eigenvalue weighted by atomic mass is 32.2. The normalized spacial score (nSPS) is 11.9. The minimum atomic E-state index is -3.87. The van der Waals surface area contributed by atoms with Crippen LogP contribution in [0, 0.1) is 27.7 Å². The van der Waals surface area contributed by atoms with Gasteiger partial charge in [0.05, 0.1) is 33.8 Å². The zero-order valence-electron chi connectivity index (χ0n) is 18.9. The van der Waals surface area contributed by atoms with E-state index in [4.69, 9.17) is 9.47 Å². The molecule has 3 rings (SSSR count). The predicted octanol–water partition coefficient (Wildman–Crippen LogP) is 4.60. The van der Waals surface area contributed by atoms with E-state index in [9.17, 15) is 16.8 Å². The van der Waals surface area contributed by atoms with Gasteiger partial charge in [0.2, 0.25) is 19.7 Å². The van der Waals surface area contributed by atoms with Crippen LogP contribution in [0.2, 0.25) is 0 Å². The van der Waals surface area contributed by atoms with Crippen LogP contribution in [0.5, 0.6) is 11.5 Å². The first-order valence-corrected chi connectivity index (χ1v) is 12.8. The van der Waals surface area contributed by atoms with E-state index in [0.29, 0.717) is 33.8 Å². The van der Waals surface area contributed by atoms with Crippen LogP contribution in [0.1, 0.15) is 22.3 Å². The van der Waals surface area contributed by atoms with Crippen molar-refractivity contribution in [3.05, 3.63) is 70.8 Å². The lowest BCUT2D eigenvalue weighted by atomic mass is 10.0. The summed E-state index contributed by atoms with van der Waals surface area (Å²) in [5.74, 6) is 1.09. The smallest absolute Gasteiger partial charge is 0.207 e. The summed E-state index contributed by atoms with van der Waals surface area (Å²) >= 11 is 0. The molecule has 3 aromatic carbocycles. The van der Waals surface area contributed by atoms with Crippen molar-refractivity contribution < 1.29 is 26.3 Å². The van der Waals surface area contributed by atoms with Gasteiger partial charge in [-0.3, -0.25) is 0 Å². The van der Waals surface area contributed by atoms with Crippen LogP contribution in [0.15, 0.2) is 68.1 Å². The third-order valence-electron chi connectivity index (χ3n) is 5.76. The minimum absolute atomic E-state index is 0.120. The molecule has 0 aliphatic carbocycles. The maximum absolute atomic E-state index is 13.5. The number of benzene rings is 3. The van der Waals surface area contributed by atoms with Crippen molar-refractivity contribution in [2.24, 2.45) is 0 Å². The fourth-order valence-electron chi connectivity index (χ4n) is 3.80. The maximum atomic E-state index is 13.5.